The standard InChI is InChI=1S/C14H20ClN3O4S/c1-17(23(2,20)21)10-14(19)18-7-3-4-11(9-18)22-13-5-6-16-8-12(13)15/h5-6,8,11H,3-4,7,9-10H2,1-2H3. The maximum atomic E-state index is 12.2. The molecule has 2 heterocycles. The first-order chi connectivity index (χ1) is 10.8. The Hall–Kier alpha value is -1.38. The zero-order valence-electron chi connectivity index (χ0n) is 13.1. The summed E-state index contributed by atoms with van der Waals surface area (Å²) in [5, 5.41) is 0.424. The summed E-state index contributed by atoms with van der Waals surface area (Å²) in [7, 11) is -1.98. The number of likely N-dealkylation sites (tertiary alicyclic amines) is 1. The Morgan fingerprint density at radius 2 is 2.30 bits per heavy atom. The Labute approximate surface area is 141 Å². The molecule has 0 radical (unpaired) electrons. The number of amides is 1. The smallest absolute Gasteiger partial charge is 0.238 e. The van der Waals surface area contributed by atoms with Gasteiger partial charge < -0.3 is 9.64 Å². The normalized spacial score (nSPS) is 19.0. The van der Waals surface area contributed by atoms with Crippen LogP contribution >= 0.6 is 11.6 Å². The zero-order valence-corrected chi connectivity index (χ0v) is 14.7. The predicted octanol–water partition coefficient (Wildman–Crippen LogP) is 0.996. The highest BCUT2D eigenvalue weighted by molar-refractivity contribution is 7.88. The maximum Gasteiger partial charge on any atom is 0.238 e. The molecule has 2 rings (SSSR count). The minimum absolute atomic E-state index is 0.165. The summed E-state index contributed by atoms with van der Waals surface area (Å²) in [5.74, 6) is 0.307. The summed E-state index contributed by atoms with van der Waals surface area (Å²) in [6.45, 7) is 0.844. The van der Waals surface area contributed by atoms with Crippen LogP contribution in [-0.4, -0.2) is 67.6 Å². The van der Waals surface area contributed by atoms with Crippen LogP contribution in [0.5, 0.6) is 5.75 Å². The Morgan fingerprint density at radius 1 is 1.57 bits per heavy atom. The van der Waals surface area contributed by atoms with E-state index in [2.05, 4.69) is 4.98 Å². The third-order valence-corrected chi connectivity index (χ3v) is 5.23. The number of carbonyl (C=O) groups excluding carboxylic acids is 1. The molecule has 0 N–H and O–H groups in total. The van der Waals surface area contributed by atoms with Crippen LogP contribution in [-0.2, 0) is 14.8 Å². The number of hydrogen-bond donors (Lipinski definition) is 0. The molecule has 23 heavy (non-hydrogen) atoms. The van der Waals surface area contributed by atoms with E-state index < -0.39 is 10.0 Å². The largest absolute Gasteiger partial charge is 0.487 e. The summed E-state index contributed by atoms with van der Waals surface area (Å²) in [4.78, 5) is 17.8. The summed E-state index contributed by atoms with van der Waals surface area (Å²) < 4.78 is 29.7. The van der Waals surface area contributed by atoms with Gasteiger partial charge in [-0.25, -0.2) is 8.42 Å². The molecule has 1 aliphatic heterocycles. The highest BCUT2D eigenvalue weighted by Crippen LogP contribution is 2.25. The first kappa shape index (κ1) is 18.0. The van der Waals surface area contributed by atoms with Crippen molar-refractivity contribution in [2.75, 3.05) is 32.9 Å². The van der Waals surface area contributed by atoms with E-state index in [1.54, 1.807) is 17.2 Å². The molecule has 128 valence electrons. The molecular weight excluding hydrogens is 342 g/mol. The van der Waals surface area contributed by atoms with Gasteiger partial charge in [-0.1, -0.05) is 11.6 Å². The fraction of sp³-hybridized carbons (Fsp3) is 0.571. The van der Waals surface area contributed by atoms with Crippen LogP contribution in [0.4, 0.5) is 0 Å². The first-order valence-electron chi connectivity index (χ1n) is 7.22. The molecular formula is C14H20ClN3O4S. The van der Waals surface area contributed by atoms with Gasteiger partial charge in [0.1, 0.15) is 16.9 Å². The molecule has 1 fully saturated rings. The number of hydrogen-bond acceptors (Lipinski definition) is 5. The molecule has 1 aromatic rings. The average Bonchev–Trinajstić information content (AvgIpc) is 2.49. The summed E-state index contributed by atoms with van der Waals surface area (Å²) in [5.41, 5.74) is 0. The number of piperidine rings is 1. The first-order valence-corrected chi connectivity index (χ1v) is 9.45. The number of halogens is 1. The lowest BCUT2D eigenvalue weighted by atomic mass is 10.1. The van der Waals surface area contributed by atoms with Crippen LogP contribution in [0.1, 0.15) is 12.8 Å². The van der Waals surface area contributed by atoms with Crippen molar-refractivity contribution in [3.63, 3.8) is 0 Å². The lowest BCUT2D eigenvalue weighted by molar-refractivity contribution is -0.133. The molecule has 1 unspecified atom stereocenters. The number of nitrogens with zero attached hydrogens (tertiary/aromatic N) is 3. The van der Waals surface area contributed by atoms with Crippen molar-refractivity contribution in [1.29, 1.82) is 0 Å². The number of rotatable bonds is 5. The molecule has 0 aliphatic carbocycles. The molecule has 1 atom stereocenters. The highest BCUT2D eigenvalue weighted by atomic mass is 35.5. The van der Waals surface area contributed by atoms with Gasteiger partial charge in [-0.2, -0.15) is 4.31 Å². The van der Waals surface area contributed by atoms with Crippen LogP contribution in [0.2, 0.25) is 5.02 Å². The number of ether oxygens (including phenoxy) is 1. The maximum absolute atomic E-state index is 12.2. The fourth-order valence-corrected chi connectivity index (χ4v) is 2.82. The van der Waals surface area contributed by atoms with Crippen molar-refractivity contribution in [3.8, 4) is 5.75 Å². The van der Waals surface area contributed by atoms with E-state index in [4.69, 9.17) is 16.3 Å². The minimum atomic E-state index is -3.37. The van der Waals surface area contributed by atoms with Crippen molar-refractivity contribution >= 4 is 27.5 Å². The summed E-state index contributed by atoms with van der Waals surface area (Å²) >= 11 is 6.02. The second kappa shape index (κ2) is 7.46. The van der Waals surface area contributed by atoms with Crippen molar-refractivity contribution < 1.29 is 17.9 Å². The van der Waals surface area contributed by atoms with Gasteiger partial charge in [-0.05, 0) is 12.8 Å². The molecule has 0 aromatic carbocycles. The van der Waals surface area contributed by atoms with Crippen molar-refractivity contribution in [2.45, 2.75) is 18.9 Å². The zero-order chi connectivity index (χ0) is 17.0. The number of sulfonamides is 1. The molecule has 0 spiro atoms. The van der Waals surface area contributed by atoms with Gasteiger partial charge in [0.05, 0.1) is 19.3 Å². The topological polar surface area (TPSA) is 79.8 Å². The van der Waals surface area contributed by atoms with Crippen molar-refractivity contribution in [3.05, 3.63) is 23.5 Å². The Morgan fingerprint density at radius 3 is 2.96 bits per heavy atom. The molecule has 1 aliphatic rings. The number of carbonyl (C=O) groups is 1. The Balaban J connectivity index is 1.95. The van der Waals surface area contributed by atoms with Gasteiger partial charge in [-0.3, -0.25) is 9.78 Å². The van der Waals surface area contributed by atoms with E-state index in [1.807, 2.05) is 0 Å². The van der Waals surface area contributed by atoms with Crippen LogP contribution in [0, 0.1) is 0 Å². The van der Waals surface area contributed by atoms with Crippen molar-refractivity contribution in [1.82, 2.24) is 14.2 Å². The van der Waals surface area contributed by atoms with Gasteiger partial charge in [0.25, 0.3) is 0 Å². The van der Waals surface area contributed by atoms with E-state index in [-0.39, 0.29) is 18.6 Å². The SMILES string of the molecule is CN(CC(=O)N1CCCC(Oc2ccncc2Cl)C1)S(C)(=O)=O. The van der Waals surface area contributed by atoms with Gasteiger partial charge in [0.15, 0.2) is 0 Å². The van der Waals surface area contributed by atoms with E-state index >= 15 is 0 Å². The third-order valence-electron chi connectivity index (χ3n) is 3.68. The Kier molecular flexibility index (Phi) is 5.83. The van der Waals surface area contributed by atoms with E-state index in [1.165, 1.54) is 13.2 Å². The molecule has 0 saturated carbocycles. The lowest BCUT2D eigenvalue weighted by Crippen LogP contribution is -2.48. The Bertz CT molecular complexity index is 668. The van der Waals surface area contributed by atoms with Gasteiger partial charge in [0, 0.05) is 32.1 Å². The van der Waals surface area contributed by atoms with Crippen LogP contribution < -0.4 is 4.74 Å². The number of likely N-dealkylation sites (N-methyl/N-ethyl adjacent to an activating group) is 1. The third kappa shape index (κ3) is 5.05. The summed E-state index contributed by atoms with van der Waals surface area (Å²) in [6, 6.07) is 1.68. The fourth-order valence-electron chi connectivity index (χ4n) is 2.31. The van der Waals surface area contributed by atoms with Crippen LogP contribution in [0.25, 0.3) is 0 Å². The van der Waals surface area contributed by atoms with Gasteiger partial charge >= 0.3 is 0 Å². The second-order valence-corrected chi connectivity index (χ2v) is 8.04. The predicted molar refractivity (Wildman–Crippen MR) is 87.0 cm³/mol. The van der Waals surface area contributed by atoms with Crippen LogP contribution in [0.3, 0.4) is 0 Å². The molecule has 9 heteroatoms. The minimum Gasteiger partial charge on any atom is -0.487 e. The molecule has 1 aromatic heterocycles. The van der Waals surface area contributed by atoms with Crippen LogP contribution in [0.15, 0.2) is 18.5 Å². The van der Waals surface area contributed by atoms with Crippen molar-refractivity contribution in [2.24, 2.45) is 0 Å². The molecule has 7 nitrogen and oxygen atoms in total. The molecule has 1 amide bonds. The molecule has 0 bridgehead atoms. The average molecular weight is 362 g/mol. The van der Waals surface area contributed by atoms with Gasteiger partial charge in [0.2, 0.25) is 15.9 Å². The van der Waals surface area contributed by atoms with Gasteiger partial charge in [-0.15, -0.1) is 0 Å². The monoisotopic (exact) mass is 361 g/mol. The lowest BCUT2D eigenvalue weighted by Gasteiger charge is -2.33. The molecule has 1 saturated heterocycles. The highest BCUT2D eigenvalue weighted by Gasteiger charge is 2.27. The van der Waals surface area contributed by atoms with E-state index in [0.29, 0.717) is 23.9 Å². The number of pyridine rings is 1. The summed E-state index contributed by atoms with van der Waals surface area (Å²) in [6.07, 6.45) is 5.61. The quantitative estimate of drug-likeness (QED) is 0.781. The van der Waals surface area contributed by atoms with E-state index in [0.717, 1.165) is 23.4 Å². The second-order valence-electron chi connectivity index (χ2n) is 5.55. The van der Waals surface area contributed by atoms with E-state index in [9.17, 15) is 13.2 Å². The number of aromatic nitrogens is 1.